The molecule has 0 saturated carbocycles. The predicted molar refractivity (Wildman–Crippen MR) is 106 cm³/mol. The number of nitrogens with zero attached hydrogens (tertiary/aromatic N) is 1. The molecule has 1 aliphatic heterocycles. The molecule has 138 valence electrons. The molecule has 1 heterocycles. The second-order valence-corrected chi connectivity index (χ2v) is 6.97. The normalized spacial score (nSPS) is 16.4. The van der Waals surface area contributed by atoms with Crippen LogP contribution < -0.4 is 19.7 Å². The van der Waals surface area contributed by atoms with Crippen LogP contribution in [0.5, 0.6) is 11.5 Å². The van der Waals surface area contributed by atoms with Crippen molar-refractivity contribution in [2.75, 3.05) is 31.2 Å². The first kappa shape index (κ1) is 18.6. The standard InChI is InChI=1S/C20H23BrN2O3/c1-2-25-18-9-5-6-10-19(18)26-14-20(24)22-15-11-12-23(13-15)17-8-4-3-7-16(17)21/h3-10,15H,2,11-14H2,1H3,(H,22,24). The van der Waals surface area contributed by atoms with Crippen molar-refractivity contribution >= 4 is 27.5 Å². The topological polar surface area (TPSA) is 50.8 Å². The Morgan fingerprint density at radius 2 is 1.85 bits per heavy atom. The minimum Gasteiger partial charge on any atom is -0.490 e. The maximum absolute atomic E-state index is 12.2. The van der Waals surface area contributed by atoms with Crippen molar-refractivity contribution in [1.29, 1.82) is 0 Å². The molecule has 1 aliphatic rings. The van der Waals surface area contributed by atoms with Gasteiger partial charge in [0.05, 0.1) is 12.3 Å². The quantitative estimate of drug-likeness (QED) is 0.745. The first-order chi connectivity index (χ1) is 12.7. The van der Waals surface area contributed by atoms with Gasteiger partial charge in [0.1, 0.15) is 0 Å². The average molecular weight is 419 g/mol. The van der Waals surface area contributed by atoms with Crippen molar-refractivity contribution in [2.45, 2.75) is 19.4 Å². The second-order valence-electron chi connectivity index (χ2n) is 6.12. The number of nitrogens with one attached hydrogen (secondary N) is 1. The third-order valence-corrected chi connectivity index (χ3v) is 4.92. The molecule has 0 aliphatic carbocycles. The van der Waals surface area contributed by atoms with E-state index in [0.717, 1.165) is 29.7 Å². The van der Waals surface area contributed by atoms with Gasteiger partial charge in [-0.2, -0.15) is 0 Å². The van der Waals surface area contributed by atoms with Crippen molar-refractivity contribution in [3.05, 3.63) is 53.0 Å². The van der Waals surface area contributed by atoms with Crippen molar-refractivity contribution in [1.82, 2.24) is 5.32 Å². The van der Waals surface area contributed by atoms with Gasteiger partial charge in [0.15, 0.2) is 18.1 Å². The highest BCUT2D eigenvalue weighted by Gasteiger charge is 2.25. The molecule has 6 heteroatoms. The fraction of sp³-hybridized carbons (Fsp3) is 0.350. The average Bonchev–Trinajstić information content (AvgIpc) is 3.10. The molecule has 5 nitrogen and oxygen atoms in total. The van der Waals surface area contributed by atoms with E-state index in [4.69, 9.17) is 9.47 Å². The summed E-state index contributed by atoms with van der Waals surface area (Å²) in [5, 5.41) is 3.06. The molecule has 2 aromatic carbocycles. The van der Waals surface area contributed by atoms with Gasteiger partial charge in [-0.25, -0.2) is 0 Å². The summed E-state index contributed by atoms with van der Waals surface area (Å²) in [5.74, 6) is 1.13. The molecule has 0 radical (unpaired) electrons. The fourth-order valence-corrected chi connectivity index (χ4v) is 3.60. The van der Waals surface area contributed by atoms with E-state index < -0.39 is 0 Å². The highest BCUT2D eigenvalue weighted by atomic mass is 79.9. The highest BCUT2D eigenvalue weighted by molar-refractivity contribution is 9.10. The van der Waals surface area contributed by atoms with Gasteiger partial charge in [0, 0.05) is 23.6 Å². The molecule has 1 saturated heterocycles. The lowest BCUT2D eigenvalue weighted by molar-refractivity contribution is -0.123. The molecule has 0 aromatic heterocycles. The first-order valence-electron chi connectivity index (χ1n) is 8.81. The summed E-state index contributed by atoms with van der Waals surface area (Å²) in [7, 11) is 0. The smallest absolute Gasteiger partial charge is 0.258 e. The Morgan fingerprint density at radius 1 is 1.15 bits per heavy atom. The predicted octanol–water partition coefficient (Wildman–Crippen LogP) is 3.62. The number of hydrogen-bond donors (Lipinski definition) is 1. The van der Waals surface area contributed by atoms with E-state index in [1.54, 1.807) is 0 Å². The summed E-state index contributed by atoms with van der Waals surface area (Å²) in [6, 6.07) is 15.7. The van der Waals surface area contributed by atoms with Gasteiger partial charge in [0.2, 0.25) is 0 Å². The minimum absolute atomic E-state index is 0.0182. The van der Waals surface area contributed by atoms with Crippen LogP contribution >= 0.6 is 15.9 Å². The lowest BCUT2D eigenvalue weighted by Gasteiger charge is -2.20. The van der Waals surface area contributed by atoms with Crippen molar-refractivity contribution in [2.24, 2.45) is 0 Å². The van der Waals surface area contributed by atoms with Crippen molar-refractivity contribution in [3.8, 4) is 11.5 Å². The molecule has 1 atom stereocenters. The molecule has 26 heavy (non-hydrogen) atoms. The van der Waals surface area contributed by atoms with Crippen LogP contribution in [0.1, 0.15) is 13.3 Å². The van der Waals surface area contributed by atoms with E-state index >= 15 is 0 Å². The Kier molecular flexibility index (Phi) is 6.39. The maximum Gasteiger partial charge on any atom is 0.258 e. The molecule has 0 bridgehead atoms. The Balaban J connectivity index is 1.50. The Labute approximate surface area is 162 Å². The fourth-order valence-electron chi connectivity index (χ4n) is 3.06. The maximum atomic E-state index is 12.2. The summed E-state index contributed by atoms with van der Waals surface area (Å²) < 4.78 is 12.2. The zero-order valence-corrected chi connectivity index (χ0v) is 16.4. The van der Waals surface area contributed by atoms with E-state index in [1.165, 1.54) is 0 Å². The molecule has 1 fully saturated rings. The van der Waals surface area contributed by atoms with Gasteiger partial charge in [-0.3, -0.25) is 4.79 Å². The lowest BCUT2D eigenvalue weighted by Crippen LogP contribution is -2.39. The highest BCUT2D eigenvalue weighted by Crippen LogP contribution is 2.29. The number of halogens is 1. The summed E-state index contributed by atoms with van der Waals surface area (Å²) in [4.78, 5) is 14.5. The summed E-state index contributed by atoms with van der Waals surface area (Å²) in [6.45, 7) is 4.17. The van der Waals surface area contributed by atoms with Crippen LogP contribution in [0.15, 0.2) is 53.0 Å². The van der Waals surface area contributed by atoms with Crippen molar-refractivity contribution in [3.63, 3.8) is 0 Å². The zero-order valence-electron chi connectivity index (χ0n) is 14.8. The summed E-state index contributed by atoms with van der Waals surface area (Å²) >= 11 is 3.59. The monoisotopic (exact) mass is 418 g/mol. The van der Waals surface area contributed by atoms with Crippen LogP contribution in [-0.2, 0) is 4.79 Å². The number of rotatable bonds is 7. The number of hydrogen-bond acceptors (Lipinski definition) is 4. The Hall–Kier alpha value is -2.21. The number of ether oxygens (including phenoxy) is 2. The number of carbonyl (C=O) groups is 1. The largest absolute Gasteiger partial charge is 0.490 e. The lowest BCUT2D eigenvalue weighted by atomic mass is 10.2. The van der Waals surface area contributed by atoms with Gasteiger partial charge in [-0.05, 0) is 53.5 Å². The third-order valence-electron chi connectivity index (χ3n) is 4.25. The van der Waals surface area contributed by atoms with E-state index in [9.17, 15) is 4.79 Å². The van der Waals surface area contributed by atoms with Crippen LogP contribution in [0.2, 0.25) is 0 Å². The van der Waals surface area contributed by atoms with Gasteiger partial charge in [0.25, 0.3) is 5.91 Å². The molecule has 1 unspecified atom stereocenters. The molecule has 0 spiro atoms. The molecule has 3 rings (SSSR count). The molecule has 2 aromatic rings. The molecule has 1 amide bonds. The Bertz CT molecular complexity index is 753. The van der Waals surface area contributed by atoms with Gasteiger partial charge in [-0.15, -0.1) is 0 Å². The van der Waals surface area contributed by atoms with Gasteiger partial charge >= 0.3 is 0 Å². The van der Waals surface area contributed by atoms with Gasteiger partial charge in [-0.1, -0.05) is 24.3 Å². The number of amides is 1. The Morgan fingerprint density at radius 3 is 2.58 bits per heavy atom. The summed E-state index contributed by atoms with van der Waals surface area (Å²) in [5.41, 5.74) is 1.16. The van der Waals surface area contributed by atoms with Crippen LogP contribution in [0.4, 0.5) is 5.69 Å². The van der Waals surface area contributed by atoms with E-state index in [0.29, 0.717) is 18.1 Å². The van der Waals surface area contributed by atoms with Crippen LogP contribution in [0, 0.1) is 0 Å². The van der Waals surface area contributed by atoms with E-state index in [2.05, 4.69) is 32.2 Å². The first-order valence-corrected chi connectivity index (χ1v) is 9.60. The van der Waals surface area contributed by atoms with Gasteiger partial charge < -0.3 is 19.7 Å². The second kappa shape index (κ2) is 8.94. The molecular weight excluding hydrogens is 396 g/mol. The zero-order chi connectivity index (χ0) is 18.4. The summed E-state index contributed by atoms with van der Waals surface area (Å²) in [6.07, 6.45) is 0.919. The van der Waals surface area contributed by atoms with E-state index in [-0.39, 0.29) is 18.6 Å². The number of benzene rings is 2. The van der Waals surface area contributed by atoms with Crippen LogP contribution in [0.25, 0.3) is 0 Å². The SMILES string of the molecule is CCOc1ccccc1OCC(=O)NC1CCN(c2ccccc2Br)C1. The molecule has 1 N–H and O–H groups in total. The minimum atomic E-state index is -0.115. The number of carbonyl (C=O) groups excluding carboxylic acids is 1. The molecular formula is C20H23BrN2O3. The number of para-hydroxylation sites is 3. The number of anilines is 1. The van der Waals surface area contributed by atoms with E-state index in [1.807, 2.05) is 49.4 Å². The third kappa shape index (κ3) is 4.69. The van der Waals surface area contributed by atoms with Crippen LogP contribution in [-0.4, -0.2) is 38.3 Å². The van der Waals surface area contributed by atoms with Crippen LogP contribution in [0.3, 0.4) is 0 Å². The van der Waals surface area contributed by atoms with Crippen molar-refractivity contribution < 1.29 is 14.3 Å².